The molecule has 0 aliphatic heterocycles. The first-order valence-electron chi connectivity index (χ1n) is 5.78. The molecule has 2 aromatic rings. The predicted molar refractivity (Wildman–Crippen MR) is 78.6 cm³/mol. The van der Waals surface area contributed by atoms with E-state index < -0.39 is 0 Å². The van der Waals surface area contributed by atoms with E-state index in [1.165, 1.54) is 4.88 Å². The van der Waals surface area contributed by atoms with Crippen LogP contribution in [0.2, 0.25) is 0 Å². The summed E-state index contributed by atoms with van der Waals surface area (Å²) < 4.78 is 0. The van der Waals surface area contributed by atoms with Crippen molar-refractivity contribution in [2.45, 2.75) is 24.3 Å². The van der Waals surface area contributed by atoms with Crippen molar-refractivity contribution >= 4 is 29.9 Å². The van der Waals surface area contributed by atoms with Crippen molar-refractivity contribution in [1.29, 1.82) is 0 Å². The highest BCUT2D eigenvalue weighted by Crippen LogP contribution is 2.14. The Hall–Kier alpha value is -1.26. The molecule has 0 saturated heterocycles. The fourth-order valence-electron chi connectivity index (χ4n) is 1.75. The maximum atomic E-state index is 12.0. The minimum atomic E-state index is -0.0651. The van der Waals surface area contributed by atoms with Gasteiger partial charge in [-0.3, -0.25) is 4.79 Å². The Labute approximate surface area is 116 Å². The second-order valence-corrected chi connectivity index (χ2v) is 5.69. The van der Waals surface area contributed by atoms with Crippen LogP contribution < -0.4 is 5.32 Å². The van der Waals surface area contributed by atoms with Crippen LogP contribution in [0.25, 0.3) is 0 Å². The average molecular weight is 277 g/mol. The molecular formula is C14H15NOS2. The number of rotatable bonds is 4. The summed E-state index contributed by atoms with van der Waals surface area (Å²) in [6.45, 7) is 2.01. The molecule has 0 fully saturated rings. The summed E-state index contributed by atoms with van der Waals surface area (Å²) in [5.41, 5.74) is 0.624. The van der Waals surface area contributed by atoms with Gasteiger partial charge in [0, 0.05) is 22.2 Å². The SMILES string of the molecule is CC(Cc1cccs1)NC(=O)c1ccccc1S. The van der Waals surface area contributed by atoms with Gasteiger partial charge in [0.15, 0.2) is 0 Å². The molecule has 0 saturated carbocycles. The molecule has 1 amide bonds. The first-order chi connectivity index (χ1) is 8.66. The van der Waals surface area contributed by atoms with E-state index in [4.69, 9.17) is 0 Å². The lowest BCUT2D eigenvalue weighted by Crippen LogP contribution is -2.34. The van der Waals surface area contributed by atoms with E-state index in [-0.39, 0.29) is 11.9 Å². The second kappa shape index (κ2) is 6.07. The Kier molecular flexibility index (Phi) is 4.44. The zero-order chi connectivity index (χ0) is 13.0. The Morgan fingerprint density at radius 1 is 1.33 bits per heavy atom. The van der Waals surface area contributed by atoms with Gasteiger partial charge in [-0.05, 0) is 30.5 Å². The van der Waals surface area contributed by atoms with Crippen molar-refractivity contribution in [3.05, 3.63) is 52.2 Å². The number of thiol groups is 1. The summed E-state index contributed by atoms with van der Waals surface area (Å²) in [7, 11) is 0. The largest absolute Gasteiger partial charge is 0.349 e. The Bertz CT molecular complexity index is 522. The van der Waals surface area contributed by atoms with Crippen molar-refractivity contribution in [3.63, 3.8) is 0 Å². The molecule has 4 heteroatoms. The van der Waals surface area contributed by atoms with E-state index >= 15 is 0 Å². The van der Waals surface area contributed by atoms with Crippen molar-refractivity contribution in [3.8, 4) is 0 Å². The van der Waals surface area contributed by atoms with Gasteiger partial charge >= 0.3 is 0 Å². The highest BCUT2D eigenvalue weighted by molar-refractivity contribution is 7.80. The number of nitrogens with one attached hydrogen (secondary N) is 1. The first kappa shape index (κ1) is 13.2. The number of hydrogen-bond acceptors (Lipinski definition) is 3. The molecule has 2 rings (SSSR count). The van der Waals surface area contributed by atoms with Crippen LogP contribution in [-0.2, 0) is 6.42 Å². The molecule has 18 heavy (non-hydrogen) atoms. The Morgan fingerprint density at radius 3 is 2.78 bits per heavy atom. The van der Waals surface area contributed by atoms with Crippen LogP contribution in [0.1, 0.15) is 22.2 Å². The van der Waals surface area contributed by atoms with Crippen molar-refractivity contribution in [2.75, 3.05) is 0 Å². The molecule has 1 heterocycles. The lowest BCUT2D eigenvalue weighted by molar-refractivity contribution is 0.0937. The van der Waals surface area contributed by atoms with Gasteiger partial charge in [0.25, 0.3) is 5.91 Å². The lowest BCUT2D eigenvalue weighted by Gasteiger charge is -2.13. The van der Waals surface area contributed by atoms with Crippen LogP contribution in [0.15, 0.2) is 46.7 Å². The maximum absolute atomic E-state index is 12.0. The number of amides is 1. The third-order valence-electron chi connectivity index (χ3n) is 2.61. The summed E-state index contributed by atoms with van der Waals surface area (Å²) in [4.78, 5) is 14.0. The summed E-state index contributed by atoms with van der Waals surface area (Å²) in [5.74, 6) is -0.0651. The maximum Gasteiger partial charge on any atom is 0.252 e. The number of thiophene rings is 1. The minimum Gasteiger partial charge on any atom is -0.349 e. The molecule has 0 aliphatic carbocycles. The summed E-state index contributed by atoms with van der Waals surface area (Å²) in [6.07, 6.45) is 0.859. The van der Waals surface area contributed by atoms with Crippen LogP contribution in [0.5, 0.6) is 0 Å². The molecule has 1 N–H and O–H groups in total. The number of benzene rings is 1. The summed E-state index contributed by atoms with van der Waals surface area (Å²) in [6, 6.07) is 11.5. The third kappa shape index (κ3) is 3.37. The number of hydrogen-bond donors (Lipinski definition) is 2. The van der Waals surface area contributed by atoms with Crippen molar-refractivity contribution in [1.82, 2.24) is 5.32 Å². The Balaban J connectivity index is 1.97. The summed E-state index contributed by atoms with van der Waals surface area (Å²) in [5, 5.41) is 5.04. The first-order valence-corrected chi connectivity index (χ1v) is 7.10. The molecule has 0 spiro atoms. The predicted octanol–water partition coefficient (Wildman–Crippen LogP) is 3.40. The molecule has 0 radical (unpaired) electrons. The van der Waals surface area contributed by atoms with Crippen LogP contribution in [-0.4, -0.2) is 11.9 Å². The van der Waals surface area contributed by atoms with Gasteiger partial charge in [0.1, 0.15) is 0 Å². The normalized spacial score (nSPS) is 12.1. The van der Waals surface area contributed by atoms with Gasteiger partial charge in [-0.1, -0.05) is 18.2 Å². The van der Waals surface area contributed by atoms with Gasteiger partial charge in [0.2, 0.25) is 0 Å². The molecule has 94 valence electrons. The Morgan fingerprint density at radius 2 is 2.11 bits per heavy atom. The quantitative estimate of drug-likeness (QED) is 0.824. The van der Waals surface area contributed by atoms with Crippen LogP contribution >= 0.6 is 24.0 Å². The standard InChI is InChI=1S/C14H15NOS2/c1-10(9-11-5-4-8-18-11)15-14(16)12-6-2-3-7-13(12)17/h2-8,10,17H,9H2,1H3,(H,15,16). The number of carbonyl (C=O) groups is 1. The molecule has 1 atom stereocenters. The molecule has 1 unspecified atom stereocenters. The highest BCUT2D eigenvalue weighted by atomic mass is 32.1. The van der Waals surface area contributed by atoms with E-state index in [2.05, 4.69) is 24.0 Å². The topological polar surface area (TPSA) is 29.1 Å². The molecular weight excluding hydrogens is 262 g/mol. The zero-order valence-corrected chi connectivity index (χ0v) is 11.8. The lowest BCUT2D eigenvalue weighted by atomic mass is 10.1. The van der Waals surface area contributed by atoms with E-state index in [0.29, 0.717) is 10.5 Å². The third-order valence-corrected chi connectivity index (χ3v) is 3.90. The van der Waals surface area contributed by atoms with Gasteiger partial charge in [-0.25, -0.2) is 0 Å². The van der Waals surface area contributed by atoms with E-state index in [1.807, 2.05) is 36.6 Å². The molecule has 1 aromatic carbocycles. The fourth-order valence-corrected chi connectivity index (χ4v) is 2.85. The molecule has 2 nitrogen and oxygen atoms in total. The van der Waals surface area contributed by atoms with Gasteiger partial charge in [-0.15, -0.1) is 24.0 Å². The van der Waals surface area contributed by atoms with Crippen molar-refractivity contribution < 1.29 is 4.79 Å². The van der Waals surface area contributed by atoms with Gasteiger partial charge in [-0.2, -0.15) is 0 Å². The fraction of sp³-hybridized carbons (Fsp3) is 0.214. The van der Waals surface area contributed by atoms with Crippen molar-refractivity contribution in [2.24, 2.45) is 0 Å². The van der Waals surface area contributed by atoms with Gasteiger partial charge < -0.3 is 5.32 Å². The zero-order valence-electron chi connectivity index (χ0n) is 10.1. The monoisotopic (exact) mass is 277 g/mol. The van der Waals surface area contributed by atoms with Gasteiger partial charge in [0.05, 0.1) is 5.56 Å². The average Bonchev–Trinajstić information content (AvgIpc) is 2.82. The van der Waals surface area contributed by atoms with Crippen LogP contribution in [0.4, 0.5) is 0 Å². The van der Waals surface area contributed by atoms with E-state index in [0.717, 1.165) is 6.42 Å². The van der Waals surface area contributed by atoms with Crippen LogP contribution in [0, 0.1) is 0 Å². The second-order valence-electron chi connectivity index (χ2n) is 4.18. The smallest absolute Gasteiger partial charge is 0.252 e. The van der Waals surface area contributed by atoms with E-state index in [1.54, 1.807) is 17.4 Å². The molecule has 1 aromatic heterocycles. The minimum absolute atomic E-state index is 0.0651. The highest BCUT2D eigenvalue weighted by Gasteiger charge is 2.12. The van der Waals surface area contributed by atoms with Crippen LogP contribution in [0.3, 0.4) is 0 Å². The molecule has 0 bridgehead atoms. The summed E-state index contributed by atoms with van der Waals surface area (Å²) >= 11 is 6.00. The molecule has 0 aliphatic rings. The number of carbonyl (C=O) groups excluding carboxylic acids is 1. The van der Waals surface area contributed by atoms with E-state index in [9.17, 15) is 4.79 Å².